The van der Waals surface area contributed by atoms with Crippen molar-refractivity contribution in [3.8, 4) is 17.6 Å². The van der Waals surface area contributed by atoms with Gasteiger partial charge in [-0.25, -0.2) is 4.98 Å². The maximum atomic E-state index is 10.3. The molecule has 1 N–H and O–H groups in total. The number of aromatic nitrogens is 2. The van der Waals surface area contributed by atoms with Gasteiger partial charge in [-0.1, -0.05) is 17.2 Å². The van der Waals surface area contributed by atoms with Crippen molar-refractivity contribution < 1.29 is 33.5 Å². The predicted octanol–water partition coefficient (Wildman–Crippen LogP) is 1.97. The van der Waals surface area contributed by atoms with Crippen molar-refractivity contribution in [1.82, 2.24) is 9.97 Å². The number of nitrogens with zero attached hydrogens (tertiary/aromatic N) is 5. The summed E-state index contributed by atoms with van der Waals surface area (Å²) in [6.45, 7) is 0.245. The molecule has 0 unspecified atom stereocenters. The summed E-state index contributed by atoms with van der Waals surface area (Å²) in [7, 11) is 4.53. The summed E-state index contributed by atoms with van der Waals surface area (Å²) >= 11 is 0. The number of aliphatic hydroxyl groups excluding tert-OH is 1. The van der Waals surface area contributed by atoms with Gasteiger partial charge in [-0.2, -0.15) is 4.98 Å². The zero-order chi connectivity index (χ0) is 23.4. The van der Waals surface area contributed by atoms with Gasteiger partial charge in [-0.3, -0.25) is 0 Å². The van der Waals surface area contributed by atoms with Gasteiger partial charge in [0.15, 0.2) is 0 Å². The number of rotatable bonds is 8. The van der Waals surface area contributed by atoms with Crippen LogP contribution in [-0.4, -0.2) is 73.5 Å². The lowest BCUT2D eigenvalue weighted by molar-refractivity contribution is -0.136. The number of aliphatic hydroxyl groups is 1. The van der Waals surface area contributed by atoms with Crippen molar-refractivity contribution in [2.45, 2.75) is 43.2 Å². The SMILES string of the molecule is COc1ccc(CO[C@@H]2[C@@H]3OC[C@@H](O)[C@H](N=[N+]=[N-])[C@H]3O[C@H]2c2cnc(OC)nc2OC)cc1. The topological polar surface area (TPSA) is 150 Å². The number of fused-ring (bicyclic) bond motifs is 1. The molecule has 0 amide bonds. The van der Waals surface area contributed by atoms with E-state index in [1.807, 2.05) is 24.3 Å². The quantitative estimate of drug-likeness (QED) is 0.355. The fourth-order valence-corrected chi connectivity index (χ4v) is 4.04. The van der Waals surface area contributed by atoms with Crippen LogP contribution in [0.25, 0.3) is 10.4 Å². The van der Waals surface area contributed by atoms with Crippen LogP contribution in [-0.2, 0) is 20.8 Å². The van der Waals surface area contributed by atoms with Gasteiger partial charge in [0.05, 0.1) is 58.4 Å². The molecule has 1 aromatic carbocycles. The Morgan fingerprint density at radius 2 is 1.94 bits per heavy atom. The van der Waals surface area contributed by atoms with Crippen molar-refractivity contribution in [1.29, 1.82) is 0 Å². The average Bonchev–Trinajstić information content (AvgIpc) is 3.22. The maximum absolute atomic E-state index is 10.3. The van der Waals surface area contributed by atoms with Crippen molar-refractivity contribution in [2.75, 3.05) is 27.9 Å². The smallest absolute Gasteiger partial charge is 0.319 e. The van der Waals surface area contributed by atoms with Gasteiger partial charge in [0.1, 0.15) is 24.1 Å². The maximum Gasteiger partial charge on any atom is 0.319 e. The number of benzene rings is 1. The molecule has 0 aliphatic carbocycles. The second-order valence-electron chi connectivity index (χ2n) is 7.53. The number of methoxy groups -OCH3 is 3. The molecular weight excluding hydrogens is 434 g/mol. The standard InChI is InChI=1S/C21H25N5O7/c1-28-12-6-4-11(5-7-12)9-31-18-16(13-8-23-21(30-3)24-20(13)29-2)33-17-15(25-26-22)14(27)10-32-19(17)18/h4-8,14-19,27H,9-10H2,1-3H3/t14-,15+,16+,17-,18+,19-/m1/s1. The van der Waals surface area contributed by atoms with Crippen molar-refractivity contribution in [3.05, 3.63) is 52.0 Å². The minimum absolute atomic E-state index is 0.0143. The zero-order valence-corrected chi connectivity index (χ0v) is 18.4. The summed E-state index contributed by atoms with van der Waals surface area (Å²) in [5, 5.41) is 14.1. The van der Waals surface area contributed by atoms with Gasteiger partial charge in [0.25, 0.3) is 0 Å². The van der Waals surface area contributed by atoms with E-state index in [1.54, 1.807) is 7.11 Å². The third-order valence-electron chi connectivity index (χ3n) is 5.67. The molecule has 0 saturated carbocycles. The number of hydrogen-bond acceptors (Lipinski definition) is 10. The Kier molecular flexibility index (Phi) is 7.11. The first kappa shape index (κ1) is 23.0. The summed E-state index contributed by atoms with van der Waals surface area (Å²) < 4.78 is 34.1. The van der Waals surface area contributed by atoms with Crippen LogP contribution in [0.15, 0.2) is 35.6 Å². The molecule has 2 saturated heterocycles. The fourth-order valence-electron chi connectivity index (χ4n) is 4.04. The zero-order valence-electron chi connectivity index (χ0n) is 18.4. The normalized spacial score (nSPS) is 28.5. The highest BCUT2D eigenvalue weighted by atomic mass is 16.6. The second kappa shape index (κ2) is 10.2. The third-order valence-corrected chi connectivity index (χ3v) is 5.67. The lowest BCUT2D eigenvalue weighted by Crippen LogP contribution is -2.52. The summed E-state index contributed by atoms with van der Waals surface area (Å²) in [6.07, 6.45) is -2.12. The van der Waals surface area contributed by atoms with Gasteiger partial charge in [-0.05, 0) is 23.2 Å². The minimum Gasteiger partial charge on any atom is -0.497 e. The summed E-state index contributed by atoms with van der Waals surface area (Å²) in [5.41, 5.74) is 10.4. The molecule has 2 aromatic rings. The highest BCUT2D eigenvalue weighted by molar-refractivity contribution is 5.31. The Balaban J connectivity index is 1.65. The molecule has 3 heterocycles. The lowest BCUT2D eigenvalue weighted by Gasteiger charge is -2.35. The molecule has 6 atom stereocenters. The second-order valence-corrected chi connectivity index (χ2v) is 7.53. The van der Waals surface area contributed by atoms with Crippen LogP contribution in [0.3, 0.4) is 0 Å². The van der Waals surface area contributed by atoms with Gasteiger partial charge in [0, 0.05) is 11.1 Å². The Morgan fingerprint density at radius 1 is 1.15 bits per heavy atom. The summed E-state index contributed by atoms with van der Waals surface area (Å²) in [6, 6.07) is 6.78. The van der Waals surface area contributed by atoms with E-state index in [0.29, 0.717) is 5.56 Å². The molecule has 2 aliphatic heterocycles. The Bertz CT molecular complexity index is 1000. The van der Waals surface area contributed by atoms with Crippen LogP contribution in [0.5, 0.6) is 17.6 Å². The van der Waals surface area contributed by atoms with Crippen LogP contribution >= 0.6 is 0 Å². The molecule has 0 bridgehead atoms. The molecule has 2 aliphatic rings. The highest BCUT2D eigenvalue weighted by Gasteiger charge is 2.54. The molecule has 176 valence electrons. The molecule has 33 heavy (non-hydrogen) atoms. The van der Waals surface area contributed by atoms with E-state index < -0.39 is 36.6 Å². The van der Waals surface area contributed by atoms with E-state index in [-0.39, 0.29) is 25.1 Å². The Labute approximate surface area is 190 Å². The minimum atomic E-state index is -1.00. The number of hydrogen-bond donors (Lipinski definition) is 1. The van der Waals surface area contributed by atoms with E-state index in [9.17, 15) is 5.11 Å². The largest absolute Gasteiger partial charge is 0.497 e. The number of ether oxygens (including phenoxy) is 6. The van der Waals surface area contributed by atoms with Crippen molar-refractivity contribution >= 4 is 0 Å². The summed E-state index contributed by atoms with van der Waals surface area (Å²) in [5.74, 6) is 0.993. The molecule has 0 radical (unpaired) electrons. The van der Waals surface area contributed by atoms with E-state index in [0.717, 1.165) is 11.3 Å². The molecule has 4 rings (SSSR count). The van der Waals surface area contributed by atoms with Crippen molar-refractivity contribution in [3.63, 3.8) is 0 Å². The molecular formula is C21H25N5O7. The molecule has 12 nitrogen and oxygen atoms in total. The fraction of sp³-hybridized carbons (Fsp3) is 0.524. The first-order chi connectivity index (χ1) is 16.1. The predicted molar refractivity (Wildman–Crippen MR) is 113 cm³/mol. The molecule has 2 fully saturated rings. The lowest BCUT2D eigenvalue weighted by atomic mass is 9.94. The van der Waals surface area contributed by atoms with Crippen LogP contribution in [0.2, 0.25) is 0 Å². The van der Waals surface area contributed by atoms with E-state index in [1.165, 1.54) is 20.4 Å². The highest BCUT2D eigenvalue weighted by Crippen LogP contribution is 2.44. The third kappa shape index (κ3) is 4.65. The van der Waals surface area contributed by atoms with Gasteiger partial charge in [-0.15, -0.1) is 0 Å². The summed E-state index contributed by atoms with van der Waals surface area (Å²) in [4.78, 5) is 11.3. The first-order valence-corrected chi connectivity index (χ1v) is 10.3. The average molecular weight is 459 g/mol. The Morgan fingerprint density at radius 3 is 2.61 bits per heavy atom. The van der Waals surface area contributed by atoms with E-state index in [4.69, 9.17) is 34.0 Å². The van der Waals surface area contributed by atoms with Gasteiger partial charge >= 0.3 is 6.01 Å². The van der Waals surface area contributed by atoms with E-state index >= 15 is 0 Å². The molecule has 12 heteroatoms. The van der Waals surface area contributed by atoms with Crippen LogP contribution < -0.4 is 14.2 Å². The molecule has 0 spiro atoms. The van der Waals surface area contributed by atoms with Gasteiger partial charge < -0.3 is 33.5 Å². The monoisotopic (exact) mass is 459 g/mol. The van der Waals surface area contributed by atoms with Crippen molar-refractivity contribution in [2.24, 2.45) is 5.11 Å². The van der Waals surface area contributed by atoms with Gasteiger partial charge in [0.2, 0.25) is 5.88 Å². The molecule has 1 aromatic heterocycles. The van der Waals surface area contributed by atoms with Crippen LogP contribution in [0.4, 0.5) is 0 Å². The number of azide groups is 1. The Hall–Kier alpha value is -3.15. The van der Waals surface area contributed by atoms with E-state index in [2.05, 4.69) is 20.0 Å². The van der Waals surface area contributed by atoms with Crippen LogP contribution in [0, 0.1) is 0 Å². The first-order valence-electron chi connectivity index (χ1n) is 10.3. The van der Waals surface area contributed by atoms with Crippen LogP contribution in [0.1, 0.15) is 17.2 Å².